The van der Waals surface area contributed by atoms with Gasteiger partial charge in [-0.25, -0.2) is 0 Å². The van der Waals surface area contributed by atoms with Gasteiger partial charge in [-0.1, -0.05) is 0 Å². The number of hydrogen-bond acceptors (Lipinski definition) is 2. The Balaban J connectivity index is 2.67. The molecule has 1 aliphatic heterocycles. The summed E-state index contributed by atoms with van der Waals surface area (Å²) in [6.07, 6.45) is 0. The van der Waals surface area contributed by atoms with Gasteiger partial charge in [-0.15, -0.1) is 0 Å². The van der Waals surface area contributed by atoms with Crippen molar-refractivity contribution < 1.29 is 0 Å². The average Bonchev–Trinajstić information content (AvgIpc) is 1.94. The molecule has 1 aliphatic rings. The zero-order valence-corrected chi connectivity index (χ0v) is 10.6. The SMILES string of the molecule is CC1=C(C)[Se]C(N(C)C)=N[Se]1. The fourth-order valence-electron chi connectivity index (χ4n) is 0.572. The van der Waals surface area contributed by atoms with Crippen LogP contribution in [-0.4, -0.2) is 53.9 Å². The molecule has 0 aromatic carbocycles. The monoisotopic (exact) mass is 284 g/mol. The first kappa shape index (κ1) is 9.34. The molecule has 11 heavy (non-hydrogen) atoms. The number of allylic oxidation sites excluding steroid dienone is 2. The summed E-state index contributed by atoms with van der Waals surface area (Å²) in [6, 6.07) is 0. The molecule has 0 unspecified atom stereocenters. The van der Waals surface area contributed by atoms with Crippen molar-refractivity contribution in [2.45, 2.75) is 13.8 Å². The summed E-state index contributed by atoms with van der Waals surface area (Å²) >= 11 is 0.872. The molecule has 0 aromatic heterocycles. The van der Waals surface area contributed by atoms with Crippen molar-refractivity contribution in [2.24, 2.45) is 4.01 Å². The Bertz CT molecular complexity index is 218. The van der Waals surface area contributed by atoms with E-state index in [1.807, 2.05) is 0 Å². The van der Waals surface area contributed by atoms with E-state index in [0.29, 0.717) is 30.1 Å². The molecule has 2 nitrogen and oxygen atoms in total. The predicted octanol–water partition coefficient (Wildman–Crippen LogP) is 0.492. The number of nitrogens with zero attached hydrogens (tertiary/aromatic N) is 2. The van der Waals surface area contributed by atoms with Gasteiger partial charge in [-0.2, -0.15) is 0 Å². The summed E-state index contributed by atoms with van der Waals surface area (Å²) in [5, 5.41) is 0. The molecule has 1 rings (SSSR count). The van der Waals surface area contributed by atoms with Gasteiger partial charge in [-0.05, 0) is 0 Å². The summed E-state index contributed by atoms with van der Waals surface area (Å²) in [7, 11) is 4.15. The topological polar surface area (TPSA) is 15.6 Å². The van der Waals surface area contributed by atoms with Crippen LogP contribution < -0.4 is 0 Å². The molecule has 0 aromatic rings. The van der Waals surface area contributed by atoms with Gasteiger partial charge in [0.05, 0.1) is 0 Å². The molecular weight excluding hydrogens is 270 g/mol. The molecule has 0 bridgehead atoms. The van der Waals surface area contributed by atoms with E-state index in [1.165, 1.54) is 9.21 Å². The van der Waals surface area contributed by atoms with Gasteiger partial charge >= 0.3 is 80.7 Å². The minimum absolute atomic E-state index is 0.379. The Morgan fingerprint density at radius 1 is 1.18 bits per heavy atom. The molecule has 0 atom stereocenters. The van der Waals surface area contributed by atoms with E-state index in [9.17, 15) is 0 Å². The molecule has 4 heteroatoms. The van der Waals surface area contributed by atoms with Crippen molar-refractivity contribution in [3.05, 3.63) is 8.94 Å². The zero-order valence-electron chi connectivity index (χ0n) is 7.21. The number of rotatable bonds is 0. The third-order valence-corrected chi connectivity index (χ3v) is 7.02. The quantitative estimate of drug-likeness (QED) is 0.591. The van der Waals surface area contributed by atoms with E-state index < -0.39 is 0 Å². The zero-order chi connectivity index (χ0) is 8.43. The van der Waals surface area contributed by atoms with Gasteiger partial charge in [0.25, 0.3) is 0 Å². The molecule has 0 amide bonds. The molecule has 0 aliphatic carbocycles. The number of amidine groups is 1. The van der Waals surface area contributed by atoms with Gasteiger partial charge in [0.2, 0.25) is 0 Å². The van der Waals surface area contributed by atoms with Crippen LogP contribution in [0.5, 0.6) is 0 Å². The molecule has 1 heterocycles. The van der Waals surface area contributed by atoms with Crippen molar-refractivity contribution in [3.63, 3.8) is 0 Å². The fourth-order valence-corrected chi connectivity index (χ4v) is 4.65. The molecule has 0 radical (unpaired) electrons. The molecular formula is C7H12N2Se2. The molecule has 0 saturated carbocycles. The fraction of sp³-hybridized carbons (Fsp3) is 0.571. The van der Waals surface area contributed by atoms with Crippen molar-refractivity contribution >= 4 is 34.9 Å². The first-order valence-electron chi connectivity index (χ1n) is 3.39. The Morgan fingerprint density at radius 3 is 2.27 bits per heavy atom. The van der Waals surface area contributed by atoms with Crippen LogP contribution in [0.1, 0.15) is 13.8 Å². The summed E-state index contributed by atoms with van der Waals surface area (Å²) in [5.74, 6) is 0. The maximum atomic E-state index is 4.54. The van der Waals surface area contributed by atoms with E-state index in [-0.39, 0.29) is 0 Å². The first-order chi connectivity index (χ1) is 5.11. The molecule has 0 N–H and O–H groups in total. The van der Waals surface area contributed by atoms with Gasteiger partial charge < -0.3 is 0 Å². The van der Waals surface area contributed by atoms with E-state index in [4.69, 9.17) is 0 Å². The Labute approximate surface area is 80.7 Å². The van der Waals surface area contributed by atoms with Crippen LogP contribution in [0.15, 0.2) is 13.0 Å². The molecule has 0 spiro atoms. The summed E-state index contributed by atoms with van der Waals surface area (Å²) in [5.41, 5.74) is 0. The molecule has 62 valence electrons. The van der Waals surface area contributed by atoms with Crippen molar-refractivity contribution in [1.82, 2.24) is 4.90 Å². The second kappa shape index (κ2) is 3.77. The average molecular weight is 282 g/mol. The van der Waals surface area contributed by atoms with E-state index in [0.717, 1.165) is 0 Å². The van der Waals surface area contributed by atoms with Gasteiger partial charge in [-0.3, -0.25) is 0 Å². The van der Waals surface area contributed by atoms with Crippen LogP contribution in [0, 0.1) is 0 Å². The van der Waals surface area contributed by atoms with Gasteiger partial charge in [0.1, 0.15) is 0 Å². The van der Waals surface area contributed by atoms with E-state index >= 15 is 0 Å². The van der Waals surface area contributed by atoms with Crippen LogP contribution in [0.4, 0.5) is 0 Å². The maximum absolute atomic E-state index is 4.54. The van der Waals surface area contributed by atoms with Crippen LogP contribution in [0.25, 0.3) is 0 Å². The second-order valence-corrected chi connectivity index (χ2v) is 7.10. The Hall–Kier alpha value is 0.249. The second-order valence-electron chi connectivity index (χ2n) is 2.57. The van der Waals surface area contributed by atoms with Gasteiger partial charge in [0.15, 0.2) is 0 Å². The van der Waals surface area contributed by atoms with Crippen LogP contribution in [-0.2, 0) is 0 Å². The minimum atomic E-state index is 0.379. The normalized spacial score (nSPS) is 18.4. The van der Waals surface area contributed by atoms with Crippen molar-refractivity contribution in [3.8, 4) is 0 Å². The summed E-state index contributed by atoms with van der Waals surface area (Å²) in [4.78, 5) is 2.14. The Morgan fingerprint density at radius 2 is 1.82 bits per heavy atom. The number of hydrogen-bond donors (Lipinski definition) is 0. The van der Waals surface area contributed by atoms with Crippen LogP contribution >= 0.6 is 0 Å². The van der Waals surface area contributed by atoms with Crippen molar-refractivity contribution in [2.75, 3.05) is 14.1 Å². The molecule has 0 saturated heterocycles. The standard InChI is InChI=1S/C7H12N2Se2/c1-5-6(2)11-8-7(10-5)9(3)4/h1-4H3. The molecule has 0 fully saturated rings. The predicted molar refractivity (Wildman–Crippen MR) is 51.0 cm³/mol. The summed E-state index contributed by atoms with van der Waals surface area (Å²) in [6.45, 7) is 4.43. The van der Waals surface area contributed by atoms with Crippen LogP contribution in [0.2, 0.25) is 0 Å². The van der Waals surface area contributed by atoms with Gasteiger partial charge in [0, 0.05) is 0 Å². The first-order valence-corrected chi connectivity index (χ1v) is 6.72. The third kappa shape index (κ3) is 2.34. The Kier molecular flexibility index (Phi) is 3.20. The van der Waals surface area contributed by atoms with E-state index in [1.54, 1.807) is 4.47 Å². The van der Waals surface area contributed by atoms with Crippen molar-refractivity contribution in [1.29, 1.82) is 0 Å². The van der Waals surface area contributed by atoms with E-state index in [2.05, 4.69) is 36.9 Å². The van der Waals surface area contributed by atoms with Crippen LogP contribution in [0.3, 0.4) is 0 Å². The summed E-state index contributed by atoms with van der Waals surface area (Å²) < 4.78 is 8.91. The third-order valence-electron chi connectivity index (χ3n) is 1.38.